The van der Waals surface area contributed by atoms with E-state index in [1.807, 2.05) is 0 Å². The number of benzene rings is 2. The summed E-state index contributed by atoms with van der Waals surface area (Å²) in [6.07, 6.45) is 2.34. The minimum atomic E-state index is -1.34. The summed E-state index contributed by atoms with van der Waals surface area (Å²) in [4.78, 5) is 2.51. The maximum absolute atomic E-state index is 6.67. The maximum atomic E-state index is 6.67. The van der Waals surface area contributed by atoms with Gasteiger partial charge < -0.3 is 13.9 Å². The van der Waals surface area contributed by atoms with E-state index >= 15 is 0 Å². The summed E-state index contributed by atoms with van der Waals surface area (Å²) in [6, 6.07) is 25.8. The van der Waals surface area contributed by atoms with E-state index in [0.29, 0.717) is 5.92 Å². The number of rotatable bonds is 6. The number of anilines is 1. The normalized spacial score (nSPS) is 16.8. The molecule has 162 valence electrons. The first-order valence-corrected chi connectivity index (χ1v) is 14.1. The van der Waals surface area contributed by atoms with E-state index in [4.69, 9.17) is 4.43 Å². The summed E-state index contributed by atoms with van der Waals surface area (Å²) < 4.78 is 9.09. The third kappa shape index (κ3) is 3.85. The lowest BCUT2D eigenvalue weighted by molar-refractivity contribution is 0.144. The zero-order valence-electron chi connectivity index (χ0n) is 19.5. The number of para-hydroxylation sites is 1. The second-order valence-corrected chi connectivity index (χ2v) is 11.9. The zero-order chi connectivity index (χ0) is 22.2. The number of fused-ring (bicyclic) bond motifs is 1. The molecule has 1 atom stereocenters. The number of hydrogen-bond donors (Lipinski definition) is 0. The molecular weight excluding hydrogens is 396 g/mol. The average Bonchev–Trinajstić information content (AvgIpc) is 3.23. The third-order valence-corrected chi connectivity index (χ3v) is 7.27. The molecule has 0 amide bonds. The van der Waals surface area contributed by atoms with Crippen LogP contribution in [-0.4, -0.2) is 13.6 Å². The second kappa shape index (κ2) is 8.43. The summed E-state index contributed by atoms with van der Waals surface area (Å²) in [7, 11) is -1.34. The van der Waals surface area contributed by atoms with Crippen LogP contribution in [0.15, 0.2) is 79.0 Å². The molecule has 2 aromatic carbocycles. The molecule has 0 bridgehead atoms. The Hall–Kier alpha value is -2.72. The molecule has 31 heavy (non-hydrogen) atoms. The lowest BCUT2D eigenvalue weighted by Crippen LogP contribution is -2.46. The quantitative estimate of drug-likeness (QED) is 0.391. The van der Waals surface area contributed by atoms with Crippen molar-refractivity contribution in [1.82, 2.24) is 4.57 Å². The Bertz CT molecular complexity index is 1050. The molecule has 3 aromatic rings. The average molecular weight is 431 g/mol. The van der Waals surface area contributed by atoms with Gasteiger partial charge in [0.15, 0.2) is 5.76 Å². The predicted octanol–water partition coefficient (Wildman–Crippen LogP) is 7.01. The van der Waals surface area contributed by atoms with Crippen LogP contribution in [0.25, 0.3) is 11.5 Å². The standard InChI is InChI=1S/C27H34N2OSi/c1-20(2)27(3,4)26-28-19-13-18-23(28)25(30-31(5)6)24(21-14-9-7-10-15-21)29(26)22-16-11-8-12-17-22/h7-20,26,31H,1-6H3. The molecule has 3 nitrogen and oxygen atoms in total. The van der Waals surface area contributed by atoms with Gasteiger partial charge in [0.1, 0.15) is 6.17 Å². The molecule has 4 heteroatoms. The predicted molar refractivity (Wildman–Crippen MR) is 134 cm³/mol. The van der Waals surface area contributed by atoms with Gasteiger partial charge in [0, 0.05) is 22.9 Å². The number of aromatic nitrogens is 1. The van der Waals surface area contributed by atoms with Crippen LogP contribution < -0.4 is 4.90 Å². The van der Waals surface area contributed by atoms with Crippen LogP contribution in [-0.2, 0) is 4.43 Å². The monoisotopic (exact) mass is 430 g/mol. The van der Waals surface area contributed by atoms with E-state index < -0.39 is 9.04 Å². The van der Waals surface area contributed by atoms with Crippen LogP contribution in [0.2, 0.25) is 13.1 Å². The smallest absolute Gasteiger partial charge is 0.229 e. The topological polar surface area (TPSA) is 17.4 Å². The molecule has 0 spiro atoms. The molecular formula is C27H34N2OSi. The van der Waals surface area contributed by atoms with Crippen molar-refractivity contribution in [2.24, 2.45) is 11.3 Å². The Morgan fingerprint density at radius 1 is 0.871 bits per heavy atom. The summed E-state index contributed by atoms with van der Waals surface area (Å²) in [6.45, 7) is 13.9. The third-order valence-electron chi connectivity index (χ3n) is 6.56. The Morgan fingerprint density at radius 3 is 2.06 bits per heavy atom. The molecule has 1 aromatic heterocycles. The van der Waals surface area contributed by atoms with Crippen molar-refractivity contribution in [2.45, 2.75) is 47.0 Å². The molecule has 0 N–H and O–H groups in total. The highest BCUT2D eigenvalue weighted by Crippen LogP contribution is 2.51. The lowest BCUT2D eigenvalue weighted by atomic mass is 9.76. The van der Waals surface area contributed by atoms with E-state index in [1.54, 1.807) is 0 Å². The Balaban J connectivity index is 2.08. The highest BCUT2D eigenvalue weighted by Gasteiger charge is 2.44. The SMILES string of the molecule is CC(C)C(C)(C)C1N(c2ccccc2)C(c2ccccc2)=C(O[SiH](C)C)c2cccn21. The number of hydrogen-bond acceptors (Lipinski definition) is 2. The van der Waals surface area contributed by atoms with Gasteiger partial charge in [-0.15, -0.1) is 0 Å². The minimum Gasteiger partial charge on any atom is -0.544 e. The van der Waals surface area contributed by atoms with Crippen molar-refractivity contribution in [2.75, 3.05) is 4.90 Å². The largest absolute Gasteiger partial charge is 0.544 e. The van der Waals surface area contributed by atoms with Crippen LogP contribution in [0.1, 0.15) is 45.1 Å². The summed E-state index contributed by atoms with van der Waals surface area (Å²) in [5.74, 6) is 1.48. The van der Waals surface area contributed by atoms with Crippen molar-refractivity contribution >= 4 is 26.2 Å². The van der Waals surface area contributed by atoms with Gasteiger partial charge in [-0.2, -0.15) is 0 Å². The van der Waals surface area contributed by atoms with E-state index in [1.165, 1.54) is 16.9 Å². The Labute approximate surface area is 188 Å². The van der Waals surface area contributed by atoms with Crippen LogP contribution in [0, 0.1) is 11.3 Å². The van der Waals surface area contributed by atoms with Crippen molar-refractivity contribution in [3.05, 3.63) is 90.3 Å². The first kappa shape index (κ1) is 21.5. The van der Waals surface area contributed by atoms with Gasteiger partial charge in [0.05, 0.1) is 11.4 Å². The van der Waals surface area contributed by atoms with E-state index in [-0.39, 0.29) is 11.6 Å². The van der Waals surface area contributed by atoms with E-state index in [2.05, 4.69) is 129 Å². The van der Waals surface area contributed by atoms with E-state index in [9.17, 15) is 0 Å². The highest BCUT2D eigenvalue weighted by atomic mass is 28.3. The molecule has 0 saturated carbocycles. The summed E-state index contributed by atoms with van der Waals surface area (Å²) >= 11 is 0. The van der Waals surface area contributed by atoms with Crippen molar-refractivity contribution in [3.63, 3.8) is 0 Å². The summed E-state index contributed by atoms with van der Waals surface area (Å²) in [5.41, 5.74) is 4.72. The molecule has 0 saturated heterocycles. The van der Waals surface area contributed by atoms with Crippen LogP contribution in [0.3, 0.4) is 0 Å². The zero-order valence-corrected chi connectivity index (χ0v) is 20.7. The fraction of sp³-hybridized carbons (Fsp3) is 0.333. The molecule has 1 unspecified atom stereocenters. The van der Waals surface area contributed by atoms with Gasteiger partial charge in [-0.25, -0.2) is 0 Å². The van der Waals surface area contributed by atoms with Gasteiger partial charge in [0.25, 0.3) is 0 Å². The van der Waals surface area contributed by atoms with Gasteiger partial charge in [0.2, 0.25) is 9.04 Å². The molecule has 1 aliphatic rings. The molecule has 4 rings (SSSR count). The van der Waals surface area contributed by atoms with Crippen molar-refractivity contribution in [3.8, 4) is 0 Å². The van der Waals surface area contributed by atoms with Crippen LogP contribution >= 0.6 is 0 Å². The number of nitrogens with zero attached hydrogens (tertiary/aromatic N) is 2. The van der Waals surface area contributed by atoms with Crippen molar-refractivity contribution in [1.29, 1.82) is 0 Å². The summed E-state index contributed by atoms with van der Waals surface area (Å²) in [5, 5.41) is 0. The van der Waals surface area contributed by atoms with Gasteiger partial charge in [-0.3, -0.25) is 0 Å². The van der Waals surface area contributed by atoms with E-state index in [0.717, 1.165) is 11.5 Å². The fourth-order valence-corrected chi connectivity index (χ4v) is 5.05. The molecule has 1 aliphatic heterocycles. The van der Waals surface area contributed by atoms with Gasteiger partial charge in [-0.05, 0) is 43.3 Å². The van der Waals surface area contributed by atoms with Crippen molar-refractivity contribution < 1.29 is 4.43 Å². The molecule has 0 fully saturated rings. The molecule has 0 radical (unpaired) electrons. The minimum absolute atomic E-state index is 0.00440. The van der Waals surface area contributed by atoms with Crippen LogP contribution in [0.4, 0.5) is 5.69 Å². The van der Waals surface area contributed by atoms with Gasteiger partial charge >= 0.3 is 0 Å². The Morgan fingerprint density at radius 2 is 1.48 bits per heavy atom. The Kier molecular flexibility index (Phi) is 5.85. The highest BCUT2D eigenvalue weighted by molar-refractivity contribution is 6.49. The van der Waals surface area contributed by atoms with Gasteiger partial charge in [-0.1, -0.05) is 76.2 Å². The lowest BCUT2D eigenvalue weighted by Gasteiger charge is -2.50. The first-order valence-electron chi connectivity index (χ1n) is 11.3. The first-order chi connectivity index (χ1) is 14.8. The molecule has 2 heterocycles. The maximum Gasteiger partial charge on any atom is 0.229 e. The fourth-order valence-electron chi connectivity index (χ4n) is 4.34. The second-order valence-electron chi connectivity index (χ2n) is 9.57. The molecule has 0 aliphatic carbocycles. The van der Waals surface area contributed by atoms with Crippen LogP contribution in [0.5, 0.6) is 0 Å².